The number of ether oxygens (including phenoxy) is 1. The van der Waals surface area contributed by atoms with Gasteiger partial charge in [0.1, 0.15) is 10.9 Å². The Morgan fingerprint density at radius 2 is 2.08 bits per heavy atom. The molecule has 1 aromatic carbocycles. The first-order valence-corrected chi connectivity index (χ1v) is 9.86. The van der Waals surface area contributed by atoms with E-state index in [-0.39, 0.29) is 17.1 Å². The van der Waals surface area contributed by atoms with Gasteiger partial charge in [-0.1, -0.05) is 35.8 Å². The zero-order chi connectivity index (χ0) is 18.0. The average molecular weight is 467 g/mol. The van der Waals surface area contributed by atoms with Crippen molar-refractivity contribution < 1.29 is 14.3 Å². The number of ketones is 1. The zero-order valence-corrected chi connectivity index (χ0v) is 17.1. The van der Waals surface area contributed by atoms with Crippen LogP contribution in [0, 0.1) is 16.7 Å². The molecular formula is C19H17Br2NO3. The first-order valence-electron chi connectivity index (χ1n) is 8.27. The van der Waals surface area contributed by atoms with Crippen molar-refractivity contribution in [3.63, 3.8) is 0 Å². The molecule has 2 bridgehead atoms. The van der Waals surface area contributed by atoms with Crippen molar-refractivity contribution in [2.75, 3.05) is 0 Å². The molecule has 6 heteroatoms. The number of aromatic nitrogens is 1. The summed E-state index contributed by atoms with van der Waals surface area (Å²) in [6.45, 7) is 4.04. The van der Waals surface area contributed by atoms with Crippen molar-refractivity contribution in [1.82, 2.24) is 4.98 Å². The lowest BCUT2D eigenvalue weighted by atomic mass is 9.69. The third-order valence-electron chi connectivity index (χ3n) is 6.19. The topological polar surface area (TPSA) is 56.3 Å². The monoisotopic (exact) mass is 465 g/mol. The van der Waals surface area contributed by atoms with Crippen LogP contribution in [0.2, 0.25) is 0 Å². The Morgan fingerprint density at radius 1 is 1.32 bits per heavy atom. The normalized spacial score (nSPS) is 27.0. The average Bonchev–Trinajstić information content (AvgIpc) is 2.94. The summed E-state index contributed by atoms with van der Waals surface area (Å²) in [4.78, 5) is 30.2. The predicted molar refractivity (Wildman–Crippen MR) is 101 cm³/mol. The Kier molecular flexibility index (Phi) is 3.85. The van der Waals surface area contributed by atoms with Crippen molar-refractivity contribution >= 4 is 54.5 Å². The third-order valence-corrected chi connectivity index (χ3v) is 7.43. The highest BCUT2D eigenvalue weighted by molar-refractivity contribution is 9.11. The van der Waals surface area contributed by atoms with Gasteiger partial charge in [-0.05, 0) is 52.2 Å². The summed E-state index contributed by atoms with van der Waals surface area (Å²) < 4.78 is 7.33. The van der Waals surface area contributed by atoms with Crippen LogP contribution in [0.1, 0.15) is 33.1 Å². The van der Waals surface area contributed by atoms with E-state index in [4.69, 9.17) is 4.74 Å². The van der Waals surface area contributed by atoms with E-state index in [9.17, 15) is 9.59 Å². The molecule has 0 amide bonds. The Balaban J connectivity index is 1.80. The van der Waals surface area contributed by atoms with Gasteiger partial charge in [0.05, 0.1) is 4.47 Å². The molecule has 0 saturated heterocycles. The summed E-state index contributed by atoms with van der Waals surface area (Å²) in [7, 11) is 0. The van der Waals surface area contributed by atoms with Crippen molar-refractivity contribution in [2.24, 2.45) is 16.7 Å². The maximum Gasteiger partial charge on any atom is 0.325 e. The molecule has 0 aliphatic heterocycles. The minimum atomic E-state index is -1.04. The molecule has 2 atom stereocenters. The number of hydrogen-bond acceptors (Lipinski definition) is 4. The Morgan fingerprint density at radius 3 is 2.72 bits per heavy atom. The molecule has 2 aliphatic rings. The van der Waals surface area contributed by atoms with E-state index in [0.29, 0.717) is 28.6 Å². The highest BCUT2D eigenvalue weighted by atomic mass is 79.9. The van der Waals surface area contributed by atoms with Gasteiger partial charge in [0.25, 0.3) is 0 Å². The van der Waals surface area contributed by atoms with Crippen LogP contribution in [-0.2, 0) is 9.59 Å². The van der Waals surface area contributed by atoms with Crippen LogP contribution in [0.15, 0.2) is 33.3 Å². The maximum atomic E-state index is 13.2. The molecule has 1 heterocycles. The number of hydrogen-bond donors (Lipinski definition) is 0. The molecule has 2 aliphatic carbocycles. The molecule has 2 fully saturated rings. The minimum Gasteiger partial charge on any atom is -0.422 e. The van der Waals surface area contributed by atoms with Gasteiger partial charge in [-0.3, -0.25) is 14.6 Å². The molecule has 4 nitrogen and oxygen atoms in total. The lowest BCUT2D eigenvalue weighted by molar-refractivity contribution is -0.156. The second-order valence-corrected chi connectivity index (χ2v) is 9.16. The van der Waals surface area contributed by atoms with Gasteiger partial charge in [-0.2, -0.15) is 0 Å². The fourth-order valence-corrected chi connectivity index (χ4v) is 5.93. The van der Waals surface area contributed by atoms with Crippen LogP contribution in [0.5, 0.6) is 5.75 Å². The van der Waals surface area contributed by atoms with E-state index < -0.39 is 11.4 Å². The second-order valence-electron chi connectivity index (χ2n) is 7.45. The van der Waals surface area contributed by atoms with E-state index in [1.165, 1.54) is 0 Å². The number of rotatable bonds is 2. The van der Waals surface area contributed by atoms with Crippen LogP contribution in [0.4, 0.5) is 0 Å². The summed E-state index contributed by atoms with van der Waals surface area (Å²) in [5, 5.41) is 0.854. The Bertz CT molecular complexity index is 924. The number of halogens is 2. The minimum absolute atomic E-state index is 0.0178. The molecule has 2 saturated carbocycles. The summed E-state index contributed by atoms with van der Waals surface area (Å²) >= 11 is 6.98. The number of carbonyl (C=O) groups is 2. The Hall–Kier alpha value is -1.27. The molecule has 0 N–H and O–H groups in total. The zero-order valence-electron chi connectivity index (χ0n) is 13.9. The SMILES string of the molecule is CC1(C)C2CCC1(C(=O)Oc1c(Br)cc(Br)c3cccnc13)C(=O)C2. The van der Waals surface area contributed by atoms with Crippen molar-refractivity contribution in [3.8, 4) is 5.75 Å². The van der Waals surface area contributed by atoms with Crippen LogP contribution < -0.4 is 4.74 Å². The van der Waals surface area contributed by atoms with E-state index in [0.717, 1.165) is 16.3 Å². The number of Topliss-reactive ketones (excluding diaryl/α,β-unsaturated/α-hetero) is 1. The van der Waals surface area contributed by atoms with Crippen molar-refractivity contribution in [3.05, 3.63) is 33.3 Å². The standard InChI is InChI=1S/C19H17Br2NO3/c1-18(2)10-5-6-19(18,14(23)8-10)17(24)25-16-13(21)9-12(20)11-4-3-7-22-15(11)16/h3-4,7,9-10H,5-6,8H2,1-2H3. The fraction of sp³-hybridized carbons (Fsp3) is 0.421. The number of pyridine rings is 1. The van der Waals surface area contributed by atoms with Gasteiger partial charge < -0.3 is 4.74 Å². The second kappa shape index (κ2) is 5.61. The number of benzene rings is 1. The van der Waals surface area contributed by atoms with Gasteiger partial charge in [0, 0.05) is 22.5 Å². The quantitative estimate of drug-likeness (QED) is 0.352. The smallest absolute Gasteiger partial charge is 0.325 e. The number of fused-ring (bicyclic) bond motifs is 3. The third kappa shape index (κ3) is 2.19. The molecular weight excluding hydrogens is 450 g/mol. The molecule has 1 aromatic heterocycles. The highest BCUT2D eigenvalue weighted by Crippen LogP contribution is 2.64. The number of esters is 1. The van der Waals surface area contributed by atoms with Gasteiger partial charge >= 0.3 is 5.97 Å². The first-order chi connectivity index (χ1) is 11.8. The van der Waals surface area contributed by atoms with Crippen LogP contribution in [0.25, 0.3) is 10.9 Å². The molecule has 0 spiro atoms. The molecule has 25 heavy (non-hydrogen) atoms. The molecule has 130 valence electrons. The summed E-state index contributed by atoms with van der Waals surface area (Å²) in [5.41, 5.74) is -0.816. The Labute approximate surface area is 162 Å². The van der Waals surface area contributed by atoms with Gasteiger partial charge in [-0.15, -0.1) is 0 Å². The summed E-state index contributed by atoms with van der Waals surface area (Å²) in [5.74, 6) is 0.203. The number of carbonyl (C=O) groups excluding carboxylic acids is 2. The van der Waals surface area contributed by atoms with E-state index in [1.54, 1.807) is 6.20 Å². The number of nitrogens with zero attached hydrogens (tertiary/aromatic N) is 1. The first kappa shape index (κ1) is 17.2. The van der Waals surface area contributed by atoms with E-state index >= 15 is 0 Å². The largest absolute Gasteiger partial charge is 0.422 e. The molecule has 2 aromatic rings. The van der Waals surface area contributed by atoms with E-state index in [1.807, 2.05) is 32.0 Å². The molecule has 4 rings (SSSR count). The lowest BCUT2D eigenvalue weighted by Crippen LogP contribution is -2.46. The molecule has 0 radical (unpaired) electrons. The lowest BCUT2D eigenvalue weighted by Gasteiger charge is -2.33. The van der Waals surface area contributed by atoms with Crippen LogP contribution in [0.3, 0.4) is 0 Å². The summed E-state index contributed by atoms with van der Waals surface area (Å²) in [6, 6.07) is 5.57. The van der Waals surface area contributed by atoms with Gasteiger partial charge in [0.2, 0.25) is 0 Å². The van der Waals surface area contributed by atoms with Gasteiger partial charge in [0.15, 0.2) is 11.5 Å². The fourth-order valence-electron chi connectivity index (χ4n) is 4.58. The summed E-state index contributed by atoms with van der Waals surface area (Å²) in [6.07, 6.45) is 3.60. The molecule has 2 unspecified atom stereocenters. The van der Waals surface area contributed by atoms with Crippen LogP contribution >= 0.6 is 31.9 Å². The maximum absolute atomic E-state index is 13.2. The highest BCUT2D eigenvalue weighted by Gasteiger charge is 2.69. The van der Waals surface area contributed by atoms with Gasteiger partial charge in [-0.25, -0.2) is 0 Å². The van der Waals surface area contributed by atoms with Crippen molar-refractivity contribution in [2.45, 2.75) is 33.1 Å². The van der Waals surface area contributed by atoms with Crippen molar-refractivity contribution in [1.29, 1.82) is 0 Å². The van der Waals surface area contributed by atoms with E-state index in [2.05, 4.69) is 36.8 Å². The van der Waals surface area contributed by atoms with Crippen LogP contribution in [-0.4, -0.2) is 16.7 Å². The predicted octanol–water partition coefficient (Wildman–Crippen LogP) is 5.06.